The van der Waals surface area contributed by atoms with Crippen LogP contribution in [0.3, 0.4) is 0 Å². The first-order valence-electron chi connectivity index (χ1n) is 22.0. The van der Waals surface area contributed by atoms with Gasteiger partial charge >= 0.3 is 0 Å². The van der Waals surface area contributed by atoms with Crippen LogP contribution in [0.4, 0.5) is 51.2 Å². The first-order valence-corrected chi connectivity index (χ1v) is 22.0. The molecule has 0 unspecified atom stereocenters. The van der Waals surface area contributed by atoms with Crippen molar-refractivity contribution in [2.75, 3.05) is 14.7 Å². The van der Waals surface area contributed by atoms with Crippen LogP contribution in [-0.2, 0) is 0 Å². The van der Waals surface area contributed by atoms with Crippen LogP contribution < -0.4 is 31.1 Å². The van der Waals surface area contributed by atoms with Gasteiger partial charge in [0.05, 0.1) is 0 Å². The molecule has 2 aliphatic rings. The normalized spacial score (nSPS) is 12.7. The molecule has 0 N–H and O–H groups in total. The van der Waals surface area contributed by atoms with Crippen molar-refractivity contribution >= 4 is 74.3 Å². The fourth-order valence-corrected chi connectivity index (χ4v) is 10.1. The summed E-state index contributed by atoms with van der Waals surface area (Å²) >= 11 is 0. The maximum atomic E-state index is 2.59. The second kappa shape index (κ2) is 14.6. The van der Waals surface area contributed by atoms with E-state index in [1.165, 1.54) is 145 Å². The predicted octanol–water partition coefficient (Wildman–Crippen LogP) is 13.9. The Balaban J connectivity index is 1.39. The van der Waals surface area contributed by atoms with Crippen molar-refractivity contribution in [1.82, 2.24) is 0 Å². The Morgan fingerprint density at radius 3 is 1.13 bits per heavy atom. The zero-order valence-corrected chi connectivity index (χ0v) is 39.1. The smallest absolute Gasteiger partial charge is 0.252 e. The van der Waals surface area contributed by atoms with E-state index in [2.05, 4.69) is 210 Å². The molecule has 7 aromatic rings. The van der Waals surface area contributed by atoms with Crippen LogP contribution in [0.1, 0.15) is 83.5 Å². The van der Waals surface area contributed by atoms with Crippen molar-refractivity contribution in [2.45, 2.75) is 104 Å². The van der Waals surface area contributed by atoms with Gasteiger partial charge in [-0.15, -0.1) is 0 Å². The Bertz CT molecular complexity index is 2860. The largest absolute Gasteiger partial charge is 0.311 e. The lowest BCUT2D eigenvalue weighted by atomic mass is 9.33. The van der Waals surface area contributed by atoms with Gasteiger partial charge in [-0.25, -0.2) is 0 Å². The van der Waals surface area contributed by atoms with Gasteiger partial charge in [0.1, 0.15) is 0 Å². The highest BCUT2D eigenvalue weighted by Gasteiger charge is 2.44. The van der Waals surface area contributed by atoms with E-state index in [-0.39, 0.29) is 6.71 Å². The third-order valence-electron chi connectivity index (χ3n) is 14.8. The minimum atomic E-state index is 0.0397. The van der Waals surface area contributed by atoms with Gasteiger partial charge in [-0.3, -0.25) is 0 Å². The van der Waals surface area contributed by atoms with E-state index >= 15 is 0 Å². The molecule has 0 saturated carbocycles. The number of hydrogen-bond donors (Lipinski definition) is 0. The van der Waals surface area contributed by atoms with Crippen LogP contribution in [0, 0.1) is 104 Å². The van der Waals surface area contributed by atoms with E-state index in [1.807, 2.05) is 0 Å². The summed E-state index contributed by atoms with van der Waals surface area (Å²) in [5.74, 6) is 0. The SMILES string of the molecule is Cc1cc2c3c(c1)N(c1cc(C)c(C)c(C)c1)c1cc(C)c(C)cc1B3c1ccc(N(c3cc(C)c(C)c(C)c3)c3cc(C)c(C)c(C)c3)cc1N2c1cc(C)c(C)c(C)c1. The van der Waals surface area contributed by atoms with Crippen LogP contribution in [0.5, 0.6) is 0 Å². The van der Waals surface area contributed by atoms with Gasteiger partial charge in [0.2, 0.25) is 0 Å². The maximum absolute atomic E-state index is 2.59. The van der Waals surface area contributed by atoms with Gasteiger partial charge in [-0.05, 0) is 283 Å². The molecule has 9 rings (SSSR count). The van der Waals surface area contributed by atoms with Crippen molar-refractivity contribution in [3.8, 4) is 0 Å². The molecule has 3 nitrogen and oxygen atoms in total. The van der Waals surface area contributed by atoms with Crippen LogP contribution in [0.2, 0.25) is 0 Å². The monoisotopic (exact) mass is 797 g/mol. The molecule has 0 radical (unpaired) electrons. The molecule has 2 aliphatic heterocycles. The van der Waals surface area contributed by atoms with Crippen LogP contribution in [0.15, 0.2) is 91.0 Å². The molecule has 0 amide bonds. The Morgan fingerprint density at radius 1 is 0.328 bits per heavy atom. The minimum absolute atomic E-state index is 0.0397. The molecule has 0 spiro atoms. The van der Waals surface area contributed by atoms with Gasteiger partial charge in [0.25, 0.3) is 6.71 Å². The molecule has 0 fully saturated rings. The van der Waals surface area contributed by atoms with Crippen molar-refractivity contribution < 1.29 is 0 Å². The molecule has 306 valence electrons. The average Bonchev–Trinajstić information content (AvgIpc) is 3.20. The van der Waals surface area contributed by atoms with Gasteiger partial charge in [-0.2, -0.15) is 0 Å². The highest BCUT2D eigenvalue weighted by Crippen LogP contribution is 2.48. The third-order valence-corrected chi connectivity index (χ3v) is 14.8. The number of hydrogen-bond acceptors (Lipinski definition) is 3. The summed E-state index contributed by atoms with van der Waals surface area (Å²) in [5, 5.41) is 0. The summed E-state index contributed by atoms with van der Waals surface area (Å²) in [7, 11) is 0. The topological polar surface area (TPSA) is 9.72 Å². The highest BCUT2D eigenvalue weighted by atomic mass is 15.2. The number of nitrogens with zero attached hydrogens (tertiary/aromatic N) is 3. The molecule has 4 heteroatoms. The summed E-state index contributed by atoms with van der Waals surface area (Å²) in [5.41, 5.74) is 34.7. The number of benzene rings is 7. The summed E-state index contributed by atoms with van der Waals surface area (Å²) in [6.07, 6.45) is 0. The molecule has 0 atom stereocenters. The first-order chi connectivity index (χ1) is 28.9. The van der Waals surface area contributed by atoms with Gasteiger partial charge in [-0.1, -0.05) is 12.1 Å². The highest BCUT2D eigenvalue weighted by molar-refractivity contribution is 7.00. The van der Waals surface area contributed by atoms with Crippen LogP contribution in [-0.4, -0.2) is 6.71 Å². The molecule has 2 heterocycles. The Hall–Kier alpha value is -6.00. The van der Waals surface area contributed by atoms with E-state index in [1.54, 1.807) is 0 Å². The van der Waals surface area contributed by atoms with Gasteiger partial charge in [0, 0.05) is 51.2 Å². The summed E-state index contributed by atoms with van der Waals surface area (Å²) in [4.78, 5) is 7.65. The fraction of sp³-hybridized carbons (Fsp3) is 0.263. The fourth-order valence-electron chi connectivity index (χ4n) is 10.1. The molecule has 0 aromatic heterocycles. The first kappa shape index (κ1) is 40.4. The molecule has 0 bridgehead atoms. The lowest BCUT2D eigenvalue weighted by Gasteiger charge is -2.45. The van der Waals surface area contributed by atoms with E-state index in [0.29, 0.717) is 0 Å². The summed E-state index contributed by atoms with van der Waals surface area (Å²) in [6, 6.07) is 36.2. The molecule has 0 aliphatic carbocycles. The zero-order chi connectivity index (χ0) is 43.5. The number of fused-ring (bicyclic) bond motifs is 4. The Morgan fingerprint density at radius 2 is 0.705 bits per heavy atom. The van der Waals surface area contributed by atoms with Crippen LogP contribution in [0.25, 0.3) is 0 Å². The lowest BCUT2D eigenvalue weighted by Crippen LogP contribution is -2.61. The van der Waals surface area contributed by atoms with Gasteiger partial charge < -0.3 is 14.7 Å². The molecule has 61 heavy (non-hydrogen) atoms. The zero-order valence-electron chi connectivity index (χ0n) is 39.1. The molecular weight excluding hydrogens is 737 g/mol. The molecule has 7 aromatic carbocycles. The standard InChI is InChI=1S/C57H60BN3/c1-31-18-55-57-56(19-31)61(50-26-40(10)45(15)41(11)27-50)54-30-46(59(47-20-34(4)42(12)35(5)21-47)48-22-36(6)43(13)37(7)23-48)16-17-51(54)58(57)52-28-32(2)33(3)29-53(52)60(55)49-24-38(8)44(14)39(9)25-49/h16-30H,1-15H3. The molecule has 0 saturated heterocycles. The minimum Gasteiger partial charge on any atom is -0.311 e. The average molecular weight is 798 g/mol. The second-order valence-corrected chi connectivity index (χ2v) is 18.7. The Labute approximate surface area is 365 Å². The van der Waals surface area contributed by atoms with Gasteiger partial charge in [0.15, 0.2) is 0 Å². The maximum Gasteiger partial charge on any atom is 0.252 e. The molecular formula is C57H60BN3. The number of aryl methyl sites for hydroxylation is 11. The van der Waals surface area contributed by atoms with Crippen molar-refractivity contribution in [2.24, 2.45) is 0 Å². The quantitative estimate of drug-likeness (QED) is 0.161. The third kappa shape index (κ3) is 6.41. The van der Waals surface area contributed by atoms with E-state index in [0.717, 1.165) is 5.69 Å². The predicted molar refractivity (Wildman–Crippen MR) is 266 cm³/mol. The van der Waals surface area contributed by atoms with E-state index < -0.39 is 0 Å². The second-order valence-electron chi connectivity index (χ2n) is 18.7. The number of anilines is 9. The summed E-state index contributed by atoms with van der Waals surface area (Å²) in [6.45, 7) is 33.8. The lowest BCUT2D eigenvalue weighted by molar-refractivity contribution is 1.18. The number of rotatable bonds is 5. The van der Waals surface area contributed by atoms with Crippen molar-refractivity contribution in [3.63, 3.8) is 0 Å². The Kier molecular flexibility index (Phi) is 9.66. The van der Waals surface area contributed by atoms with Crippen molar-refractivity contribution in [1.29, 1.82) is 0 Å². The van der Waals surface area contributed by atoms with Crippen molar-refractivity contribution in [3.05, 3.63) is 174 Å². The van der Waals surface area contributed by atoms with Crippen LogP contribution >= 0.6 is 0 Å². The van der Waals surface area contributed by atoms with E-state index in [4.69, 9.17) is 0 Å². The van der Waals surface area contributed by atoms with E-state index in [9.17, 15) is 0 Å². The summed E-state index contributed by atoms with van der Waals surface area (Å²) < 4.78 is 0.